The molecule has 3 rings (SSSR count). The van der Waals surface area contributed by atoms with E-state index < -0.39 is 0 Å². The lowest BCUT2D eigenvalue weighted by Gasteiger charge is -2.08. The number of benzene rings is 2. The summed E-state index contributed by atoms with van der Waals surface area (Å²) in [6.45, 7) is 4.35. The van der Waals surface area contributed by atoms with Gasteiger partial charge in [-0.05, 0) is 48.0 Å². The molecule has 4 heteroatoms. The van der Waals surface area contributed by atoms with Crippen molar-refractivity contribution in [3.63, 3.8) is 0 Å². The summed E-state index contributed by atoms with van der Waals surface area (Å²) in [5.41, 5.74) is 1.85. The second-order valence-electron chi connectivity index (χ2n) is 5.79. The van der Waals surface area contributed by atoms with Crippen molar-refractivity contribution in [2.24, 2.45) is 0 Å². The van der Waals surface area contributed by atoms with Crippen LogP contribution in [0.3, 0.4) is 0 Å². The van der Waals surface area contributed by atoms with Crippen LogP contribution >= 0.6 is 11.8 Å². The van der Waals surface area contributed by atoms with Gasteiger partial charge in [0.15, 0.2) is 0 Å². The molecule has 0 radical (unpaired) electrons. The van der Waals surface area contributed by atoms with Gasteiger partial charge in [0.25, 0.3) is 0 Å². The lowest BCUT2D eigenvalue weighted by molar-refractivity contribution is -0.107. The number of nitrogens with zero attached hydrogens (tertiary/aromatic N) is 1. The van der Waals surface area contributed by atoms with Crippen molar-refractivity contribution in [3.8, 4) is 11.6 Å². The van der Waals surface area contributed by atoms with Crippen LogP contribution in [0.15, 0.2) is 59.5 Å². The first-order chi connectivity index (χ1) is 11.6. The molecule has 122 valence electrons. The predicted molar refractivity (Wildman–Crippen MR) is 99.0 cm³/mol. The molecule has 3 nitrogen and oxygen atoms in total. The molecule has 2 aromatic carbocycles. The van der Waals surface area contributed by atoms with Crippen molar-refractivity contribution < 1.29 is 9.53 Å². The lowest BCUT2D eigenvalue weighted by Crippen LogP contribution is -1.91. The zero-order chi connectivity index (χ0) is 16.9. The molecule has 0 unspecified atom stereocenters. The van der Waals surface area contributed by atoms with E-state index in [4.69, 9.17) is 4.74 Å². The van der Waals surface area contributed by atoms with Crippen molar-refractivity contribution in [1.29, 1.82) is 0 Å². The van der Waals surface area contributed by atoms with Crippen LogP contribution in [0.2, 0.25) is 0 Å². The molecule has 0 N–H and O–H groups in total. The molecular formula is C20H19NO2S. The highest BCUT2D eigenvalue weighted by Gasteiger charge is 2.04. The van der Waals surface area contributed by atoms with Gasteiger partial charge in [-0.2, -0.15) is 0 Å². The van der Waals surface area contributed by atoms with Gasteiger partial charge in [-0.15, -0.1) is 11.8 Å². The van der Waals surface area contributed by atoms with E-state index in [0.29, 0.717) is 17.6 Å². The van der Waals surface area contributed by atoms with Crippen LogP contribution in [0, 0.1) is 0 Å². The summed E-state index contributed by atoms with van der Waals surface area (Å²) in [6, 6.07) is 17.7. The molecule has 0 aliphatic heterocycles. The zero-order valence-electron chi connectivity index (χ0n) is 13.7. The van der Waals surface area contributed by atoms with Gasteiger partial charge in [0.1, 0.15) is 12.0 Å². The van der Waals surface area contributed by atoms with E-state index in [2.05, 4.69) is 31.0 Å². The Bertz CT molecular complexity index is 844. The first-order valence-corrected chi connectivity index (χ1v) is 8.80. The normalized spacial score (nSPS) is 11.0. The quantitative estimate of drug-likeness (QED) is 0.454. The molecule has 0 aliphatic rings. The summed E-state index contributed by atoms with van der Waals surface area (Å²) in [5.74, 6) is 1.34. The zero-order valence-corrected chi connectivity index (χ0v) is 14.5. The van der Waals surface area contributed by atoms with E-state index in [0.717, 1.165) is 28.5 Å². The first-order valence-electron chi connectivity index (χ1n) is 7.92. The molecule has 3 aromatic rings. The fourth-order valence-electron chi connectivity index (χ4n) is 2.42. The fourth-order valence-corrected chi connectivity index (χ4v) is 3.25. The number of carbonyl (C=O) groups excluding carboxylic acids is 1. The van der Waals surface area contributed by atoms with Crippen LogP contribution in [0.4, 0.5) is 0 Å². The average Bonchev–Trinajstić information content (AvgIpc) is 2.57. The van der Waals surface area contributed by atoms with E-state index in [1.165, 1.54) is 4.90 Å². The molecule has 0 saturated heterocycles. The summed E-state index contributed by atoms with van der Waals surface area (Å²) < 4.78 is 5.85. The summed E-state index contributed by atoms with van der Waals surface area (Å²) in [7, 11) is 0. The number of hydrogen-bond donors (Lipinski definition) is 0. The van der Waals surface area contributed by atoms with E-state index in [1.807, 2.05) is 54.2 Å². The number of fused-ring (bicyclic) bond motifs is 1. The van der Waals surface area contributed by atoms with Gasteiger partial charge in [0, 0.05) is 28.0 Å². The van der Waals surface area contributed by atoms with Gasteiger partial charge in [-0.25, -0.2) is 4.98 Å². The molecule has 0 amide bonds. The number of pyridine rings is 1. The topological polar surface area (TPSA) is 39.2 Å². The van der Waals surface area contributed by atoms with Gasteiger partial charge in [-0.3, -0.25) is 0 Å². The number of thioether (sulfide) groups is 1. The van der Waals surface area contributed by atoms with Crippen molar-refractivity contribution in [2.45, 2.75) is 30.4 Å². The highest BCUT2D eigenvalue weighted by Crippen LogP contribution is 2.27. The van der Waals surface area contributed by atoms with Crippen LogP contribution < -0.4 is 4.74 Å². The van der Waals surface area contributed by atoms with E-state index >= 15 is 0 Å². The smallest absolute Gasteiger partial charge is 0.219 e. The fraction of sp³-hybridized carbons (Fsp3) is 0.200. The molecule has 0 fully saturated rings. The minimum atomic E-state index is 0.426. The van der Waals surface area contributed by atoms with Gasteiger partial charge in [0.2, 0.25) is 5.88 Å². The second kappa shape index (κ2) is 7.49. The Morgan fingerprint density at radius 1 is 1.08 bits per heavy atom. The number of hydrogen-bond acceptors (Lipinski definition) is 4. The van der Waals surface area contributed by atoms with Crippen molar-refractivity contribution in [3.05, 3.63) is 60.2 Å². The molecule has 0 spiro atoms. The SMILES string of the molecule is CC(C)Sc1ccc(Oc2ccc3cc(CC=O)ccc3n2)cc1. The Morgan fingerprint density at radius 2 is 1.88 bits per heavy atom. The van der Waals surface area contributed by atoms with Crippen molar-refractivity contribution in [1.82, 2.24) is 4.98 Å². The number of carbonyl (C=O) groups is 1. The number of ether oxygens (including phenoxy) is 1. The molecular weight excluding hydrogens is 318 g/mol. The molecule has 0 aliphatic carbocycles. The number of rotatable bonds is 6. The molecule has 0 saturated carbocycles. The molecule has 24 heavy (non-hydrogen) atoms. The van der Waals surface area contributed by atoms with Gasteiger partial charge >= 0.3 is 0 Å². The van der Waals surface area contributed by atoms with Gasteiger partial charge in [-0.1, -0.05) is 19.9 Å². The molecule has 0 bridgehead atoms. The molecule has 1 aromatic heterocycles. The van der Waals surface area contributed by atoms with E-state index in [-0.39, 0.29) is 0 Å². The minimum absolute atomic E-state index is 0.426. The van der Waals surface area contributed by atoms with E-state index in [1.54, 1.807) is 0 Å². The lowest BCUT2D eigenvalue weighted by atomic mass is 10.1. The second-order valence-corrected chi connectivity index (χ2v) is 7.44. The first kappa shape index (κ1) is 16.5. The Hall–Kier alpha value is -2.33. The third-order valence-corrected chi connectivity index (χ3v) is 4.48. The molecule has 0 atom stereocenters. The van der Waals surface area contributed by atoms with Gasteiger partial charge in [0.05, 0.1) is 5.52 Å². The van der Waals surface area contributed by atoms with E-state index in [9.17, 15) is 4.79 Å². The average molecular weight is 337 g/mol. The molecule has 1 heterocycles. The number of aromatic nitrogens is 1. The highest BCUT2D eigenvalue weighted by atomic mass is 32.2. The Morgan fingerprint density at radius 3 is 2.58 bits per heavy atom. The Labute approximate surface area is 146 Å². The standard InChI is InChI=1S/C20H19NO2S/c1-14(2)24-18-7-5-17(6-8-18)23-20-10-4-16-13-15(11-12-22)3-9-19(16)21-20/h3-10,12-14H,11H2,1-2H3. The van der Waals surface area contributed by atoms with Crippen LogP contribution in [-0.4, -0.2) is 16.5 Å². The maximum atomic E-state index is 10.6. The Balaban J connectivity index is 1.77. The van der Waals surface area contributed by atoms with Crippen molar-refractivity contribution >= 4 is 29.0 Å². The largest absolute Gasteiger partial charge is 0.439 e. The summed E-state index contributed by atoms with van der Waals surface area (Å²) in [5, 5.41) is 1.56. The highest BCUT2D eigenvalue weighted by molar-refractivity contribution is 7.99. The third kappa shape index (κ3) is 4.15. The summed E-state index contributed by atoms with van der Waals surface area (Å²) in [4.78, 5) is 16.4. The summed E-state index contributed by atoms with van der Waals surface area (Å²) >= 11 is 1.82. The van der Waals surface area contributed by atoms with Crippen LogP contribution in [0.5, 0.6) is 11.6 Å². The maximum Gasteiger partial charge on any atom is 0.219 e. The van der Waals surface area contributed by atoms with Gasteiger partial charge < -0.3 is 9.53 Å². The van der Waals surface area contributed by atoms with Crippen LogP contribution in [0.25, 0.3) is 10.9 Å². The maximum absolute atomic E-state index is 10.6. The monoisotopic (exact) mass is 337 g/mol. The van der Waals surface area contributed by atoms with Crippen molar-refractivity contribution in [2.75, 3.05) is 0 Å². The number of aldehydes is 1. The Kier molecular flexibility index (Phi) is 5.16. The van der Waals surface area contributed by atoms with Crippen LogP contribution in [0.1, 0.15) is 19.4 Å². The van der Waals surface area contributed by atoms with Crippen LogP contribution in [-0.2, 0) is 11.2 Å². The third-order valence-electron chi connectivity index (χ3n) is 3.47. The summed E-state index contributed by atoms with van der Waals surface area (Å²) in [6.07, 6.45) is 1.34. The predicted octanol–water partition coefficient (Wildman–Crippen LogP) is 5.27. The minimum Gasteiger partial charge on any atom is -0.439 e.